The van der Waals surface area contributed by atoms with Crippen LogP contribution in [0.5, 0.6) is 17.2 Å². The molecule has 7 rings (SSSR count). The van der Waals surface area contributed by atoms with Crippen molar-refractivity contribution >= 4 is 28.7 Å². The fourth-order valence-corrected chi connectivity index (χ4v) is 5.65. The zero-order valence-electron chi connectivity index (χ0n) is 22.3. The van der Waals surface area contributed by atoms with Gasteiger partial charge in [-0.05, 0) is 54.2 Å². The average molecular weight is 709 g/mol. The van der Waals surface area contributed by atoms with E-state index in [0.717, 1.165) is 64.2 Å². The molecule has 0 bridgehead atoms. The maximum absolute atomic E-state index is 11.1. The Bertz CT molecular complexity index is 1820. The van der Waals surface area contributed by atoms with Crippen molar-refractivity contribution in [2.75, 3.05) is 0 Å². The zero-order chi connectivity index (χ0) is 27.1. The van der Waals surface area contributed by atoms with Crippen LogP contribution >= 0.6 is 0 Å². The average Bonchev–Trinajstić information content (AvgIpc) is 3.45. The van der Waals surface area contributed by atoms with Gasteiger partial charge in [0.2, 0.25) is 0 Å². The summed E-state index contributed by atoms with van der Waals surface area (Å²) in [6, 6.07) is 30.8. The summed E-state index contributed by atoms with van der Waals surface area (Å²) >= 11 is 0. The second-order valence-corrected chi connectivity index (χ2v) is 9.92. The number of nitrogens with zero attached hydrogens (tertiary/aromatic N) is 1. The van der Waals surface area contributed by atoms with Crippen molar-refractivity contribution in [3.63, 3.8) is 0 Å². The maximum Gasteiger partial charge on any atom is 0.369 e. The van der Waals surface area contributed by atoms with Crippen molar-refractivity contribution in [1.29, 1.82) is 0 Å². The van der Waals surface area contributed by atoms with Gasteiger partial charge in [-0.2, -0.15) is 0 Å². The molecule has 0 saturated heterocycles. The monoisotopic (exact) mass is 707 g/mol. The number of nitro benzene ring substituents is 1. The Kier molecular flexibility index (Phi) is 8.68. The number of carbonyl (C=O) groups excluding carboxylic acids is 1. The van der Waals surface area contributed by atoms with Crippen LogP contribution in [-0.2, 0) is 24.8 Å². The van der Waals surface area contributed by atoms with Crippen molar-refractivity contribution in [2.45, 2.75) is 19.3 Å². The topological polar surface area (TPSA) is 63.7 Å². The molecule has 5 nitrogen and oxygen atoms in total. The van der Waals surface area contributed by atoms with Gasteiger partial charge >= 0.3 is 11.5 Å². The van der Waals surface area contributed by atoms with Crippen molar-refractivity contribution in [3.8, 4) is 17.2 Å². The van der Waals surface area contributed by atoms with Gasteiger partial charge in [0.1, 0.15) is 17.1 Å². The first kappa shape index (κ1) is 29.4. The van der Waals surface area contributed by atoms with Crippen LogP contribution in [0.25, 0.3) is 17.2 Å². The van der Waals surface area contributed by atoms with Gasteiger partial charge < -0.3 is 21.7 Å². The van der Waals surface area contributed by atoms with Crippen LogP contribution in [0.4, 0.5) is 5.69 Å². The van der Waals surface area contributed by atoms with E-state index in [1.165, 1.54) is 23.3 Å². The molecule has 0 unspecified atom stereocenters. The molecule has 0 aromatic heterocycles. The third-order valence-corrected chi connectivity index (χ3v) is 7.49. The van der Waals surface area contributed by atoms with Crippen LogP contribution < -0.4 is 21.7 Å². The molecule has 0 atom stereocenters. The summed E-state index contributed by atoms with van der Waals surface area (Å²) in [5.41, 5.74) is 12.7. The Labute approximate surface area is 267 Å². The van der Waals surface area contributed by atoms with Crippen molar-refractivity contribution in [3.05, 3.63) is 152 Å². The normalized spacial score (nSPS) is 15.5. The first-order valence-electron chi connectivity index (χ1n) is 13.3. The quantitative estimate of drug-likeness (QED) is 0.0579. The third kappa shape index (κ3) is 5.41. The molecule has 2 aliphatic carbocycles. The Morgan fingerprint density at radius 3 is 2.05 bits per heavy atom. The summed E-state index contributed by atoms with van der Waals surface area (Å²) < 4.78 is 12.6. The molecule has 0 amide bonds. The van der Waals surface area contributed by atoms with Crippen LogP contribution in [-0.4, -0.2) is 10.7 Å². The number of rotatable bonds is 2. The van der Waals surface area contributed by atoms with Gasteiger partial charge in [0.05, 0.1) is 4.92 Å². The fourth-order valence-electron chi connectivity index (χ4n) is 5.65. The molecule has 4 aromatic carbocycles. The molecule has 1 aliphatic heterocycles. The first-order valence-corrected chi connectivity index (χ1v) is 13.3. The van der Waals surface area contributed by atoms with Gasteiger partial charge in [-0.15, -0.1) is 0 Å². The second kappa shape index (κ2) is 12.4. The number of fused-ring (bicyclic) bond motifs is 3. The Morgan fingerprint density at radius 2 is 1.38 bits per heavy atom. The minimum Gasteiger partial charge on any atom is -1.00 e. The van der Waals surface area contributed by atoms with E-state index in [1.54, 1.807) is 12.1 Å². The van der Waals surface area contributed by atoms with E-state index in [9.17, 15) is 10.1 Å². The smallest absolute Gasteiger partial charge is 0.369 e. The third-order valence-electron chi connectivity index (χ3n) is 7.49. The molecule has 0 spiro atoms. The van der Waals surface area contributed by atoms with Crippen molar-refractivity contribution in [1.82, 2.24) is 0 Å². The van der Waals surface area contributed by atoms with Crippen LogP contribution in [0.2, 0.25) is 0 Å². The Balaban J connectivity index is 0.00000176. The predicted octanol–water partition coefficient (Wildman–Crippen LogP) is 5.84. The van der Waals surface area contributed by atoms with Gasteiger partial charge in [-0.3, -0.25) is 10.1 Å². The van der Waals surface area contributed by atoms with Gasteiger partial charge in [0.15, 0.2) is 0 Å². The van der Waals surface area contributed by atoms with Crippen molar-refractivity contribution in [2.24, 2.45) is 0 Å². The Hall–Kier alpha value is -4.11. The summed E-state index contributed by atoms with van der Waals surface area (Å²) in [6.45, 7) is 0. The molecule has 7 heteroatoms. The van der Waals surface area contributed by atoms with Crippen LogP contribution in [0.3, 0.4) is 0 Å². The van der Waals surface area contributed by atoms with Gasteiger partial charge in [-0.25, -0.2) is 4.42 Å². The number of hydrogen-bond acceptors (Lipinski definition) is 3. The molecule has 1 fully saturated rings. The number of ketones is 1. The molecule has 3 aliphatic rings. The standard InChI is InChI=1S/C35H24NO4.BrH.Pd/c37-36(38)25-17-19-26(20-18-25)39-34-21-16-23-8-1-2-10-27(23)31(34)22-24-9-7-13-28(24)35-29-11-3-5-14-32(29)40-33-15-6-4-12-30(33)35;;/h1-6,8,10-12,14-21H,7,9,13H2;1H;/q+1;;/p-1. The molecule has 4 aromatic rings. The first-order chi connectivity index (χ1) is 19.7. The van der Waals surface area contributed by atoms with E-state index >= 15 is 0 Å². The molecule has 210 valence electrons. The Morgan fingerprint density at radius 1 is 0.762 bits per heavy atom. The van der Waals surface area contributed by atoms with Crippen LogP contribution in [0.1, 0.15) is 41.5 Å². The van der Waals surface area contributed by atoms with Crippen LogP contribution in [0.15, 0.2) is 120 Å². The second-order valence-electron chi connectivity index (χ2n) is 9.92. The number of benzene rings is 4. The van der Waals surface area contributed by atoms with E-state index in [1.807, 2.05) is 48.6 Å². The summed E-state index contributed by atoms with van der Waals surface area (Å²) in [7, 11) is 0. The van der Waals surface area contributed by atoms with E-state index in [-0.39, 0.29) is 43.1 Å². The number of ether oxygens (including phenoxy) is 1. The summed E-state index contributed by atoms with van der Waals surface area (Å²) in [4.78, 5) is 10.7. The van der Waals surface area contributed by atoms with Gasteiger partial charge in [-0.1, -0.05) is 66.4 Å². The molecule has 0 N–H and O–H groups in total. The van der Waals surface area contributed by atoms with E-state index in [2.05, 4.69) is 42.1 Å². The zero-order valence-corrected chi connectivity index (χ0v) is 25.4. The van der Waals surface area contributed by atoms with Gasteiger partial charge in [0.25, 0.3) is 5.69 Å². The molecule has 1 saturated carbocycles. The summed E-state index contributed by atoms with van der Waals surface area (Å²) in [5, 5.41) is 11.1. The van der Waals surface area contributed by atoms with E-state index < -0.39 is 4.92 Å². The number of hydrogen-bond donors (Lipinski definition) is 0. The molecule has 42 heavy (non-hydrogen) atoms. The minimum absolute atomic E-state index is 0. The molecule has 0 radical (unpaired) electrons. The van der Waals surface area contributed by atoms with E-state index in [4.69, 9.17) is 9.16 Å². The summed E-state index contributed by atoms with van der Waals surface area (Å²) in [6.07, 6.45) is 6.88. The largest absolute Gasteiger partial charge is 1.00 e. The fraction of sp³-hybridized carbons (Fsp3) is 0.0857. The van der Waals surface area contributed by atoms with Crippen LogP contribution in [0, 0.1) is 10.1 Å². The molecule has 1 heterocycles. The number of allylic oxidation sites excluding steroid dienone is 3. The van der Waals surface area contributed by atoms with Gasteiger partial charge in [0, 0.05) is 73.0 Å². The molecular weight excluding hydrogens is 685 g/mol. The predicted molar refractivity (Wildman–Crippen MR) is 156 cm³/mol. The van der Waals surface area contributed by atoms with E-state index in [0.29, 0.717) is 11.5 Å². The number of para-hydroxylation sites is 2. The molecular formula is C35H24BrNO4Pd. The summed E-state index contributed by atoms with van der Waals surface area (Å²) in [5.74, 6) is 2.92. The van der Waals surface area contributed by atoms with Crippen molar-refractivity contribution < 1.29 is 51.5 Å². The maximum atomic E-state index is 11.1. The SMILES string of the molecule is O=[N+]([O-])c1ccc([O+]=C2C=Cc3ccccc3C2=C=C2CCCC2=C2c3ccccc3Oc3ccccc32)cc1.[Br-].[Pd]. The number of halogens is 1. The number of nitro groups is 1. The minimum atomic E-state index is -0.412. The number of non-ortho nitro benzene ring substituents is 1.